The van der Waals surface area contributed by atoms with Crippen molar-refractivity contribution in [3.8, 4) is 0 Å². The van der Waals surface area contributed by atoms with Gasteiger partial charge in [-0.2, -0.15) is 0 Å². The van der Waals surface area contributed by atoms with Gasteiger partial charge in [-0.3, -0.25) is 0 Å². The van der Waals surface area contributed by atoms with Gasteiger partial charge in [0, 0.05) is 61.8 Å². The minimum atomic E-state index is 0. The molecule has 0 saturated heterocycles. The molecule has 0 aliphatic rings. The molecular formula is CH5LaLiZr. The molecule has 0 aromatic heterocycles. The number of hydrogen-bond acceptors (Lipinski definition) is 0. The van der Waals surface area contributed by atoms with Crippen molar-refractivity contribution in [3.63, 3.8) is 0 Å². The number of hydrogen-bond donors (Lipinski definition) is 0. The SMILES string of the molecule is C.[La].[LiH].[Zr]. The summed E-state index contributed by atoms with van der Waals surface area (Å²) in [5.41, 5.74) is 0. The first-order chi connectivity index (χ1) is 0. The summed E-state index contributed by atoms with van der Waals surface area (Å²) in [6.45, 7) is 0. The van der Waals surface area contributed by atoms with E-state index in [4.69, 9.17) is 0 Å². The molecule has 0 nitrogen and oxygen atoms in total. The van der Waals surface area contributed by atoms with E-state index >= 15 is 0 Å². The van der Waals surface area contributed by atoms with E-state index in [1.165, 1.54) is 0 Å². The molecule has 0 N–H and O–H groups in total. The molecule has 3 heteroatoms. The second-order valence-electron chi connectivity index (χ2n) is 0. The van der Waals surface area contributed by atoms with E-state index in [2.05, 4.69) is 0 Å². The first-order valence-corrected chi connectivity index (χ1v) is 0. The molecule has 4 heavy (non-hydrogen) atoms. The fraction of sp³-hybridized carbons (Fsp3) is 1.00. The largest absolute Gasteiger partial charge is 0 e. The predicted octanol–water partition coefficient (Wildman–Crippen LogP) is -0.0149. The molecule has 0 aliphatic heterocycles. The summed E-state index contributed by atoms with van der Waals surface area (Å²) in [6.07, 6.45) is 0. The summed E-state index contributed by atoms with van der Waals surface area (Å²) in [4.78, 5) is 0. The van der Waals surface area contributed by atoms with Gasteiger partial charge in [0.15, 0.2) is 0 Å². The van der Waals surface area contributed by atoms with E-state index in [0.717, 1.165) is 0 Å². The zero-order valence-electron chi connectivity index (χ0n) is 1.08. The van der Waals surface area contributed by atoms with Crippen LogP contribution < -0.4 is 0 Å². The Morgan fingerprint density at radius 2 is 1.00 bits per heavy atom. The van der Waals surface area contributed by atoms with E-state index in [-0.39, 0.29) is 88.1 Å². The third kappa shape index (κ3) is 8.82. The van der Waals surface area contributed by atoms with Crippen molar-refractivity contribution < 1.29 is 61.8 Å². The average Bonchev–Trinajstić information content (AvgIpc) is 0. The van der Waals surface area contributed by atoms with Crippen molar-refractivity contribution >= 4 is 18.9 Å². The molecule has 0 saturated carbocycles. The van der Waals surface area contributed by atoms with Crippen LogP contribution in [0.3, 0.4) is 0 Å². The van der Waals surface area contributed by atoms with Gasteiger partial charge in [-0.15, -0.1) is 0 Å². The Labute approximate surface area is 86.4 Å². The van der Waals surface area contributed by atoms with Crippen LogP contribution in [0.4, 0.5) is 0 Å². The Hall–Kier alpha value is 2.68. The predicted molar refractivity (Wildman–Crippen MR) is 13.9 cm³/mol. The Morgan fingerprint density at radius 3 is 1.00 bits per heavy atom. The number of rotatable bonds is 0. The van der Waals surface area contributed by atoms with Gasteiger partial charge >= 0.3 is 18.9 Å². The van der Waals surface area contributed by atoms with E-state index in [9.17, 15) is 0 Å². The second kappa shape index (κ2) is 17.3. The van der Waals surface area contributed by atoms with Crippen molar-refractivity contribution in [2.75, 3.05) is 0 Å². The van der Waals surface area contributed by atoms with Crippen molar-refractivity contribution in [1.82, 2.24) is 0 Å². The van der Waals surface area contributed by atoms with Crippen molar-refractivity contribution in [2.45, 2.75) is 7.43 Å². The maximum Gasteiger partial charge on any atom is 0 e. The molecule has 0 fully saturated rings. The van der Waals surface area contributed by atoms with Gasteiger partial charge in [0.2, 0.25) is 0 Å². The van der Waals surface area contributed by atoms with Gasteiger partial charge in [0.1, 0.15) is 0 Å². The molecule has 17 valence electrons. The van der Waals surface area contributed by atoms with E-state index in [1.807, 2.05) is 0 Å². The van der Waals surface area contributed by atoms with Crippen molar-refractivity contribution in [2.24, 2.45) is 0 Å². The van der Waals surface area contributed by atoms with Crippen LogP contribution in [0.25, 0.3) is 0 Å². The molecule has 0 aromatic rings. The third-order valence-corrected chi connectivity index (χ3v) is 0. The molecule has 0 rings (SSSR count). The van der Waals surface area contributed by atoms with Crippen LogP contribution in [0.5, 0.6) is 0 Å². The fourth-order valence-corrected chi connectivity index (χ4v) is 0. The molecule has 0 heterocycles. The Kier molecular flexibility index (Phi) is 130. The van der Waals surface area contributed by atoms with E-state index < -0.39 is 0 Å². The molecule has 0 unspecified atom stereocenters. The smallest absolute Gasteiger partial charge is 0 e. The van der Waals surface area contributed by atoms with Crippen LogP contribution >= 0.6 is 0 Å². The van der Waals surface area contributed by atoms with Gasteiger partial charge in [0.05, 0.1) is 0 Å². The first kappa shape index (κ1) is 30.0. The molecule has 0 aliphatic carbocycles. The van der Waals surface area contributed by atoms with Crippen LogP contribution in [0.15, 0.2) is 0 Å². The standard InChI is InChI=1S/CH4.La.Li.Zr.H/h1H4;;;;. The van der Waals surface area contributed by atoms with Gasteiger partial charge in [-0.05, 0) is 0 Å². The normalized spacial score (nSPS) is 0. The van der Waals surface area contributed by atoms with Gasteiger partial charge in [-0.1, -0.05) is 7.43 Å². The van der Waals surface area contributed by atoms with E-state index in [0.29, 0.717) is 0 Å². The maximum atomic E-state index is 0. The van der Waals surface area contributed by atoms with Crippen molar-refractivity contribution in [3.05, 3.63) is 0 Å². The summed E-state index contributed by atoms with van der Waals surface area (Å²) in [5.74, 6) is 0. The zero-order valence-corrected chi connectivity index (χ0v) is 7.16. The summed E-state index contributed by atoms with van der Waals surface area (Å²) < 4.78 is 0. The van der Waals surface area contributed by atoms with Crippen LogP contribution in [0.1, 0.15) is 7.43 Å². The zero-order chi connectivity index (χ0) is 0. The van der Waals surface area contributed by atoms with Crippen LogP contribution in [0, 0.1) is 35.6 Å². The maximum absolute atomic E-state index is 0. The average molecular weight is 254 g/mol. The summed E-state index contributed by atoms with van der Waals surface area (Å²) in [6, 6.07) is 0. The Morgan fingerprint density at radius 1 is 1.00 bits per heavy atom. The van der Waals surface area contributed by atoms with Crippen LogP contribution in [0.2, 0.25) is 0 Å². The van der Waals surface area contributed by atoms with Crippen LogP contribution in [-0.4, -0.2) is 18.9 Å². The quantitative estimate of drug-likeness (QED) is 0.533. The van der Waals surface area contributed by atoms with Gasteiger partial charge in [0.25, 0.3) is 0 Å². The second-order valence-corrected chi connectivity index (χ2v) is 0. The van der Waals surface area contributed by atoms with Gasteiger partial charge in [-0.25, -0.2) is 0 Å². The molecule has 0 atom stereocenters. The summed E-state index contributed by atoms with van der Waals surface area (Å²) in [7, 11) is 0. The summed E-state index contributed by atoms with van der Waals surface area (Å²) in [5, 5.41) is 0. The third-order valence-electron chi connectivity index (χ3n) is 0. The topological polar surface area (TPSA) is 0 Å². The first-order valence-electron chi connectivity index (χ1n) is 0. The van der Waals surface area contributed by atoms with Crippen molar-refractivity contribution in [1.29, 1.82) is 0 Å². The van der Waals surface area contributed by atoms with E-state index in [1.54, 1.807) is 0 Å². The molecule has 1 radical (unpaired) electrons. The summed E-state index contributed by atoms with van der Waals surface area (Å²) >= 11 is 0. The monoisotopic (exact) mass is 253 g/mol. The molecule has 0 spiro atoms. The van der Waals surface area contributed by atoms with Gasteiger partial charge < -0.3 is 0 Å². The molecule has 0 amide bonds. The Bertz CT molecular complexity index is 8.00. The fourth-order valence-electron chi connectivity index (χ4n) is 0. The molecular weight excluding hydrogens is 249 g/mol. The minimum absolute atomic E-state index is 0. The van der Waals surface area contributed by atoms with Crippen LogP contribution in [-0.2, 0) is 26.2 Å². The minimum Gasteiger partial charge on any atom is 0 e. The molecule has 0 aromatic carbocycles. The Balaban J connectivity index is 0. The molecule has 0 bridgehead atoms.